The highest BCUT2D eigenvalue weighted by atomic mass is 79.9. The second-order valence-corrected chi connectivity index (χ2v) is 3.30. The van der Waals surface area contributed by atoms with Gasteiger partial charge < -0.3 is 4.90 Å². The van der Waals surface area contributed by atoms with Gasteiger partial charge in [-0.2, -0.15) is 0 Å². The lowest BCUT2D eigenvalue weighted by Gasteiger charge is -2.39. The van der Waals surface area contributed by atoms with Crippen LogP contribution in [0.15, 0.2) is 0 Å². The minimum atomic E-state index is 0. The van der Waals surface area contributed by atoms with Crippen molar-refractivity contribution >= 4 is 17.0 Å². The molecule has 1 nitrogen and oxygen atoms in total. The van der Waals surface area contributed by atoms with Gasteiger partial charge in [-0.1, -0.05) is 27.7 Å². The summed E-state index contributed by atoms with van der Waals surface area (Å²) in [6.45, 7) is 10.3. The number of halogens is 1. The molecule has 0 atom stereocenters. The maximum atomic E-state index is 2.48. The Kier molecular flexibility index (Phi) is 8.59. The molecule has 0 saturated heterocycles. The van der Waals surface area contributed by atoms with Crippen molar-refractivity contribution in [2.45, 2.75) is 52.5 Å². The van der Waals surface area contributed by atoms with Crippen LogP contribution >= 0.6 is 17.0 Å². The zero-order valence-corrected chi connectivity index (χ0v) is 10.9. The zero-order chi connectivity index (χ0) is 8.91. The first kappa shape index (κ1) is 14.9. The molecule has 0 heterocycles. The summed E-state index contributed by atoms with van der Waals surface area (Å²) in [5.41, 5.74) is 0.467. The summed E-state index contributed by atoms with van der Waals surface area (Å²) in [4.78, 5) is 2.48. The lowest BCUT2D eigenvalue weighted by Crippen LogP contribution is -2.44. The van der Waals surface area contributed by atoms with E-state index in [9.17, 15) is 0 Å². The van der Waals surface area contributed by atoms with E-state index in [-0.39, 0.29) is 17.0 Å². The van der Waals surface area contributed by atoms with Gasteiger partial charge in [0.2, 0.25) is 0 Å². The van der Waals surface area contributed by atoms with Crippen LogP contribution in [0.5, 0.6) is 0 Å². The third-order valence-electron chi connectivity index (χ3n) is 3.26. The molecule has 0 spiro atoms. The summed E-state index contributed by atoms with van der Waals surface area (Å²) in [7, 11) is 2.23. The second-order valence-electron chi connectivity index (χ2n) is 3.30. The molecule has 0 saturated carbocycles. The fourth-order valence-electron chi connectivity index (χ4n) is 1.90. The van der Waals surface area contributed by atoms with Crippen LogP contribution < -0.4 is 0 Å². The summed E-state index contributed by atoms with van der Waals surface area (Å²) >= 11 is 0. The Morgan fingerprint density at radius 3 is 1.33 bits per heavy atom. The molecular weight excluding hydrogens is 214 g/mol. The Bertz CT molecular complexity index is 91.7. The predicted molar refractivity (Wildman–Crippen MR) is 62.2 cm³/mol. The van der Waals surface area contributed by atoms with Gasteiger partial charge in [-0.15, -0.1) is 17.0 Å². The summed E-state index contributed by atoms with van der Waals surface area (Å²) in [5, 5.41) is 0. The van der Waals surface area contributed by atoms with Gasteiger partial charge in [0, 0.05) is 5.54 Å². The van der Waals surface area contributed by atoms with Crippen LogP contribution in [0.4, 0.5) is 0 Å². The molecule has 0 aliphatic heterocycles. The minimum absolute atomic E-state index is 0. The minimum Gasteiger partial charge on any atom is -0.301 e. The van der Waals surface area contributed by atoms with Gasteiger partial charge in [-0.25, -0.2) is 0 Å². The summed E-state index contributed by atoms with van der Waals surface area (Å²) in [6.07, 6.45) is 3.80. The zero-order valence-electron chi connectivity index (χ0n) is 9.18. The second kappa shape index (κ2) is 6.90. The van der Waals surface area contributed by atoms with Gasteiger partial charge in [0.25, 0.3) is 0 Å². The van der Waals surface area contributed by atoms with E-state index in [0.29, 0.717) is 5.54 Å². The highest BCUT2D eigenvalue weighted by Crippen LogP contribution is 2.25. The van der Waals surface area contributed by atoms with Crippen molar-refractivity contribution in [3.8, 4) is 0 Å². The predicted octanol–water partition coefficient (Wildman–Crippen LogP) is 3.48. The van der Waals surface area contributed by atoms with Gasteiger partial charge in [0.05, 0.1) is 0 Å². The van der Waals surface area contributed by atoms with Gasteiger partial charge in [-0.05, 0) is 32.9 Å². The van der Waals surface area contributed by atoms with Gasteiger partial charge in [0.15, 0.2) is 0 Å². The number of hydrogen-bond acceptors (Lipinski definition) is 1. The number of hydrogen-bond donors (Lipinski definition) is 0. The lowest BCUT2D eigenvalue weighted by molar-refractivity contribution is 0.109. The molecule has 76 valence electrons. The molecule has 0 fully saturated rings. The third-order valence-corrected chi connectivity index (χ3v) is 3.26. The molecule has 12 heavy (non-hydrogen) atoms. The monoisotopic (exact) mass is 237 g/mol. The van der Waals surface area contributed by atoms with E-state index in [1.165, 1.54) is 19.3 Å². The van der Waals surface area contributed by atoms with Gasteiger partial charge in [0.1, 0.15) is 0 Å². The maximum Gasteiger partial charge on any atom is 0.0198 e. The van der Waals surface area contributed by atoms with Crippen molar-refractivity contribution in [1.82, 2.24) is 4.90 Å². The summed E-state index contributed by atoms with van der Waals surface area (Å²) in [5.74, 6) is 0. The summed E-state index contributed by atoms with van der Waals surface area (Å²) in [6, 6.07) is 0. The van der Waals surface area contributed by atoms with Crippen molar-refractivity contribution < 1.29 is 0 Å². The van der Waals surface area contributed by atoms with Crippen LogP contribution in [-0.2, 0) is 0 Å². The number of nitrogens with zero attached hydrogens (tertiary/aromatic N) is 1. The Labute approximate surface area is 88.3 Å². The Morgan fingerprint density at radius 1 is 0.917 bits per heavy atom. The molecule has 0 aromatic heterocycles. The van der Waals surface area contributed by atoms with Crippen LogP contribution in [0.1, 0.15) is 47.0 Å². The highest BCUT2D eigenvalue weighted by molar-refractivity contribution is 8.93. The molecule has 0 aliphatic carbocycles. The topological polar surface area (TPSA) is 3.24 Å². The molecule has 0 amide bonds. The highest BCUT2D eigenvalue weighted by Gasteiger charge is 2.27. The normalized spacial score (nSPS) is 11.5. The molecule has 2 heteroatoms. The van der Waals surface area contributed by atoms with Crippen LogP contribution in [-0.4, -0.2) is 24.0 Å². The maximum absolute atomic E-state index is 2.48. The Morgan fingerprint density at radius 2 is 1.25 bits per heavy atom. The van der Waals surface area contributed by atoms with Crippen molar-refractivity contribution in [2.24, 2.45) is 0 Å². The average molecular weight is 238 g/mol. The van der Waals surface area contributed by atoms with E-state index in [0.717, 1.165) is 6.54 Å². The first-order valence-electron chi connectivity index (χ1n) is 4.88. The Balaban J connectivity index is 0. The SMILES string of the molecule is Br.CCN(C)C(CC)(CC)CC. The average Bonchev–Trinajstić information content (AvgIpc) is 2.08. The molecule has 0 radical (unpaired) electrons. The first-order chi connectivity index (χ1) is 5.16. The molecule has 0 aliphatic rings. The lowest BCUT2D eigenvalue weighted by atomic mass is 9.88. The van der Waals surface area contributed by atoms with Crippen molar-refractivity contribution in [2.75, 3.05) is 13.6 Å². The first-order valence-corrected chi connectivity index (χ1v) is 4.88. The number of rotatable bonds is 5. The molecule has 0 aromatic rings. The third kappa shape index (κ3) is 3.06. The fraction of sp³-hybridized carbons (Fsp3) is 1.00. The quantitative estimate of drug-likeness (QED) is 0.708. The molecule has 0 aromatic carbocycles. The smallest absolute Gasteiger partial charge is 0.0198 e. The van der Waals surface area contributed by atoms with Crippen LogP contribution in [0.2, 0.25) is 0 Å². The van der Waals surface area contributed by atoms with Crippen molar-refractivity contribution in [3.63, 3.8) is 0 Å². The van der Waals surface area contributed by atoms with Gasteiger partial charge in [-0.3, -0.25) is 0 Å². The van der Waals surface area contributed by atoms with E-state index in [4.69, 9.17) is 0 Å². The molecule has 0 bridgehead atoms. The van der Waals surface area contributed by atoms with E-state index >= 15 is 0 Å². The van der Waals surface area contributed by atoms with Gasteiger partial charge >= 0.3 is 0 Å². The van der Waals surface area contributed by atoms with Crippen LogP contribution in [0.25, 0.3) is 0 Å². The summed E-state index contributed by atoms with van der Waals surface area (Å²) < 4.78 is 0. The van der Waals surface area contributed by atoms with E-state index in [1.54, 1.807) is 0 Å². The molecular formula is C10H24BrN. The van der Waals surface area contributed by atoms with E-state index < -0.39 is 0 Å². The standard InChI is InChI=1S/C10H23N.BrH/c1-6-10(7-2,8-3)11(5)9-4;/h6-9H2,1-5H3;1H. The van der Waals surface area contributed by atoms with Crippen molar-refractivity contribution in [3.05, 3.63) is 0 Å². The van der Waals surface area contributed by atoms with E-state index in [2.05, 4.69) is 39.6 Å². The Hall–Kier alpha value is 0.440. The van der Waals surface area contributed by atoms with Crippen molar-refractivity contribution in [1.29, 1.82) is 0 Å². The molecule has 0 N–H and O–H groups in total. The van der Waals surface area contributed by atoms with Crippen LogP contribution in [0, 0.1) is 0 Å². The molecule has 0 rings (SSSR count). The van der Waals surface area contributed by atoms with Crippen LogP contribution in [0.3, 0.4) is 0 Å². The largest absolute Gasteiger partial charge is 0.301 e. The molecule has 0 unspecified atom stereocenters. The van der Waals surface area contributed by atoms with E-state index in [1.807, 2.05) is 0 Å². The fourth-order valence-corrected chi connectivity index (χ4v) is 1.90.